The van der Waals surface area contributed by atoms with Gasteiger partial charge in [0.15, 0.2) is 0 Å². The molecule has 4 N–H and O–H groups in total. The molecule has 0 aliphatic heterocycles. The molecule has 5 heteroatoms. The number of nitrogens with two attached hydrogens (primary N) is 1. The fourth-order valence-electron chi connectivity index (χ4n) is 2.66. The van der Waals surface area contributed by atoms with E-state index in [1.54, 1.807) is 11.8 Å². The highest BCUT2D eigenvalue weighted by Gasteiger charge is 2.33. The lowest BCUT2D eigenvalue weighted by molar-refractivity contribution is -0.123. The zero-order valence-electron chi connectivity index (χ0n) is 11.3. The number of carbonyl (C=O) groups is 1. The van der Waals surface area contributed by atoms with Crippen molar-refractivity contribution in [3.05, 3.63) is 0 Å². The Morgan fingerprint density at radius 2 is 2.17 bits per heavy atom. The van der Waals surface area contributed by atoms with Crippen molar-refractivity contribution < 1.29 is 9.90 Å². The summed E-state index contributed by atoms with van der Waals surface area (Å²) in [6, 6.07) is -0.398. The van der Waals surface area contributed by atoms with Crippen molar-refractivity contribution in [2.75, 3.05) is 25.2 Å². The van der Waals surface area contributed by atoms with Crippen LogP contribution >= 0.6 is 11.8 Å². The number of hydrogen-bond acceptors (Lipinski definition) is 4. The summed E-state index contributed by atoms with van der Waals surface area (Å²) in [4.78, 5) is 11.8. The highest BCUT2D eigenvalue weighted by molar-refractivity contribution is 7.98. The number of carbonyl (C=O) groups excluding carboxylic acids is 1. The van der Waals surface area contributed by atoms with Crippen molar-refractivity contribution >= 4 is 17.7 Å². The van der Waals surface area contributed by atoms with Gasteiger partial charge in [-0.2, -0.15) is 11.8 Å². The van der Waals surface area contributed by atoms with Crippen molar-refractivity contribution in [3.8, 4) is 0 Å². The molecule has 1 rings (SSSR count). The van der Waals surface area contributed by atoms with Gasteiger partial charge in [0, 0.05) is 13.2 Å². The quantitative estimate of drug-likeness (QED) is 0.620. The van der Waals surface area contributed by atoms with E-state index in [1.165, 1.54) is 12.8 Å². The first-order valence-electron chi connectivity index (χ1n) is 6.77. The summed E-state index contributed by atoms with van der Waals surface area (Å²) in [6.07, 6.45) is 8.14. The van der Waals surface area contributed by atoms with E-state index in [9.17, 15) is 4.79 Å². The van der Waals surface area contributed by atoms with Crippen LogP contribution in [0.15, 0.2) is 0 Å². The monoisotopic (exact) mass is 274 g/mol. The first-order chi connectivity index (χ1) is 8.63. The minimum absolute atomic E-state index is 0.0479. The number of aliphatic hydroxyl groups excluding tert-OH is 1. The molecule has 0 unspecified atom stereocenters. The predicted molar refractivity (Wildman–Crippen MR) is 76.6 cm³/mol. The molecule has 0 saturated heterocycles. The molecule has 1 atom stereocenters. The van der Waals surface area contributed by atoms with Gasteiger partial charge < -0.3 is 16.2 Å². The average molecular weight is 274 g/mol. The molecule has 1 fully saturated rings. The summed E-state index contributed by atoms with van der Waals surface area (Å²) < 4.78 is 0. The zero-order valence-corrected chi connectivity index (χ0v) is 12.1. The van der Waals surface area contributed by atoms with Gasteiger partial charge in [0.25, 0.3) is 0 Å². The largest absolute Gasteiger partial charge is 0.396 e. The minimum atomic E-state index is -0.398. The second-order valence-corrected chi connectivity index (χ2v) is 6.27. The maximum Gasteiger partial charge on any atom is 0.236 e. The summed E-state index contributed by atoms with van der Waals surface area (Å²) >= 11 is 1.71. The molecule has 1 aliphatic carbocycles. The molecule has 0 radical (unpaired) electrons. The Morgan fingerprint density at radius 1 is 1.50 bits per heavy atom. The summed E-state index contributed by atoms with van der Waals surface area (Å²) in [6.45, 7) is 0.869. The molecule has 1 saturated carbocycles. The van der Waals surface area contributed by atoms with E-state index in [-0.39, 0.29) is 17.9 Å². The van der Waals surface area contributed by atoms with E-state index >= 15 is 0 Å². The van der Waals surface area contributed by atoms with Crippen LogP contribution in [0.3, 0.4) is 0 Å². The Balaban J connectivity index is 2.35. The number of thioether (sulfide) groups is 1. The van der Waals surface area contributed by atoms with Gasteiger partial charge in [-0.15, -0.1) is 0 Å². The fourth-order valence-corrected chi connectivity index (χ4v) is 3.15. The molecular weight excluding hydrogens is 248 g/mol. The molecule has 1 amide bonds. The van der Waals surface area contributed by atoms with Crippen LogP contribution < -0.4 is 11.1 Å². The van der Waals surface area contributed by atoms with Crippen LogP contribution in [0.5, 0.6) is 0 Å². The van der Waals surface area contributed by atoms with Crippen molar-refractivity contribution in [2.45, 2.75) is 44.6 Å². The molecule has 106 valence electrons. The smallest absolute Gasteiger partial charge is 0.236 e. The molecule has 18 heavy (non-hydrogen) atoms. The minimum Gasteiger partial charge on any atom is -0.396 e. The van der Waals surface area contributed by atoms with Gasteiger partial charge in [-0.25, -0.2) is 0 Å². The molecule has 0 aromatic carbocycles. The van der Waals surface area contributed by atoms with Crippen LogP contribution in [0.4, 0.5) is 0 Å². The Bertz CT molecular complexity index is 255. The molecule has 1 aliphatic rings. The van der Waals surface area contributed by atoms with Crippen molar-refractivity contribution in [1.82, 2.24) is 5.32 Å². The van der Waals surface area contributed by atoms with Crippen LogP contribution in [-0.2, 0) is 4.79 Å². The van der Waals surface area contributed by atoms with E-state index in [0.29, 0.717) is 6.54 Å². The molecule has 0 aromatic rings. The topological polar surface area (TPSA) is 75.4 Å². The van der Waals surface area contributed by atoms with Gasteiger partial charge in [0.1, 0.15) is 0 Å². The Hall–Kier alpha value is -0.260. The first-order valence-corrected chi connectivity index (χ1v) is 8.16. The number of nitrogens with one attached hydrogen (secondary N) is 1. The summed E-state index contributed by atoms with van der Waals surface area (Å²) in [5, 5.41) is 12.1. The van der Waals surface area contributed by atoms with E-state index in [1.807, 2.05) is 6.26 Å². The molecule has 0 aromatic heterocycles. The lowest BCUT2D eigenvalue weighted by Crippen LogP contribution is -2.45. The molecule has 0 spiro atoms. The van der Waals surface area contributed by atoms with Gasteiger partial charge in [0.05, 0.1) is 6.04 Å². The van der Waals surface area contributed by atoms with Crippen molar-refractivity contribution in [2.24, 2.45) is 11.1 Å². The summed E-state index contributed by atoms with van der Waals surface area (Å²) in [5.74, 6) is 0.865. The van der Waals surface area contributed by atoms with E-state index < -0.39 is 6.04 Å². The van der Waals surface area contributed by atoms with E-state index in [2.05, 4.69) is 5.32 Å². The second kappa shape index (κ2) is 8.02. The maximum absolute atomic E-state index is 11.8. The van der Waals surface area contributed by atoms with Crippen LogP contribution in [0, 0.1) is 5.41 Å². The number of rotatable bonds is 8. The van der Waals surface area contributed by atoms with Crippen LogP contribution in [0.25, 0.3) is 0 Å². The normalized spacial score (nSPS) is 19.7. The molecular formula is C13H26N2O2S. The number of aliphatic hydroxyl groups is 1. The zero-order chi connectivity index (χ0) is 13.4. The van der Waals surface area contributed by atoms with Gasteiger partial charge in [-0.05, 0) is 43.1 Å². The Kier molecular flexibility index (Phi) is 7.04. The molecule has 0 heterocycles. The number of hydrogen-bond donors (Lipinski definition) is 3. The van der Waals surface area contributed by atoms with Gasteiger partial charge in [-0.1, -0.05) is 12.8 Å². The third-order valence-corrected chi connectivity index (χ3v) is 4.56. The van der Waals surface area contributed by atoms with Gasteiger partial charge in [-0.3, -0.25) is 4.79 Å². The second-order valence-electron chi connectivity index (χ2n) is 5.29. The highest BCUT2D eigenvalue weighted by Crippen LogP contribution is 2.40. The lowest BCUT2D eigenvalue weighted by Gasteiger charge is -2.29. The van der Waals surface area contributed by atoms with Gasteiger partial charge >= 0.3 is 0 Å². The average Bonchev–Trinajstić information content (AvgIpc) is 2.82. The fraction of sp³-hybridized carbons (Fsp3) is 0.923. The predicted octanol–water partition coefficient (Wildman–Crippen LogP) is 1.13. The SMILES string of the molecule is CSCC[C@H](N)C(=O)NCC1(CCO)CCCC1. The first kappa shape index (κ1) is 15.8. The Labute approximate surface area is 114 Å². The van der Waals surface area contributed by atoms with Crippen LogP contribution in [0.1, 0.15) is 38.5 Å². The van der Waals surface area contributed by atoms with Crippen LogP contribution in [0.2, 0.25) is 0 Å². The molecule has 4 nitrogen and oxygen atoms in total. The standard InChI is InChI=1S/C13H26N2O2S/c1-18-9-4-11(14)12(17)15-10-13(7-8-16)5-2-3-6-13/h11,16H,2-10,14H2,1H3,(H,15,17)/t11-/m0/s1. The summed E-state index contributed by atoms with van der Waals surface area (Å²) in [7, 11) is 0. The van der Waals surface area contributed by atoms with E-state index in [0.717, 1.165) is 31.4 Å². The maximum atomic E-state index is 11.8. The Morgan fingerprint density at radius 3 is 2.72 bits per heavy atom. The van der Waals surface area contributed by atoms with Crippen molar-refractivity contribution in [1.29, 1.82) is 0 Å². The van der Waals surface area contributed by atoms with E-state index in [4.69, 9.17) is 10.8 Å². The molecule has 0 bridgehead atoms. The third-order valence-electron chi connectivity index (χ3n) is 3.91. The lowest BCUT2D eigenvalue weighted by atomic mass is 9.83. The van der Waals surface area contributed by atoms with Gasteiger partial charge in [0.2, 0.25) is 5.91 Å². The highest BCUT2D eigenvalue weighted by atomic mass is 32.2. The van der Waals surface area contributed by atoms with Crippen LogP contribution in [-0.4, -0.2) is 42.2 Å². The third kappa shape index (κ3) is 4.78. The van der Waals surface area contributed by atoms with Crippen molar-refractivity contribution in [3.63, 3.8) is 0 Å². The number of amides is 1. The summed E-state index contributed by atoms with van der Waals surface area (Å²) in [5.41, 5.74) is 5.95.